The summed E-state index contributed by atoms with van der Waals surface area (Å²) >= 11 is 0. The summed E-state index contributed by atoms with van der Waals surface area (Å²) in [6.45, 7) is 2.05. The molecule has 0 spiro atoms. The lowest BCUT2D eigenvalue weighted by Gasteiger charge is -2.06. The number of carbonyl (C=O) groups excluding carboxylic acids is 2. The monoisotopic (exact) mass is 335 g/mol. The van der Waals surface area contributed by atoms with Gasteiger partial charge in [-0.05, 0) is 43.3 Å². The maximum absolute atomic E-state index is 12.1. The molecule has 6 nitrogen and oxygen atoms in total. The number of rotatable bonds is 6. The van der Waals surface area contributed by atoms with Crippen LogP contribution in [0.2, 0.25) is 0 Å². The Morgan fingerprint density at radius 2 is 1.76 bits per heavy atom. The number of para-hydroxylation sites is 1. The van der Waals surface area contributed by atoms with Crippen LogP contribution < -0.4 is 10.6 Å². The molecule has 0 aromatic heterocycles. The first-order valence-electron chi connectivity index (χ1n) is 7.64. The SMILES string of the molecule is CCOC(=O)c1ccc(N/C=C(\C#N)C(=O)Nc2ccccc2)cc1. The van der Waals surface area contributed by atoms with Crippen LogP contribution in [0, 0.1) is 11.3 Å². The summed E-state index contributed by atoms with van der Waals surface area (Å²) in [5.41, 5.74) is 1.60. The molecule has 0 atom stereocenters. The van der Waals surface area contributed by atoms with E-state index >= 15 is 0 Å². The first-order valence-corrected chi connectivity index (χ1v) is 7.64. The lowest BCUT2D eigenvalue weighted by molar-refractivity contribution is -0.112. The van der Waals surface area contributed by atoms with E-state index in [9.17, 15) is 9.59 Å². The van der Waals surface area contributed by atoms with Gasteiger partial charge in [-0.15, -0.1) is 0 Å². The summed E-state index contributed by atoms with van der Waals surface area (Å²) in [6.07, 6.45) is 1.32. The number of nitrogens with one attached hydrogen (secondary N) is 2. The van der Waals surface area contributed by atoms with Gasteiger partial charge in [0, 0.05) is 17.6 Å². The van der Waals surface area contributed by atoms with Gasteiger partial charge >= 0.3 is 5.97 Å². The first kappa shape index (κ1) is 17.8. The van der Waals surface area contributed by atoms with Crippen LogP contribution in [0.25, 0.3) is 0 Å². The zero-order valence-corrected chi connectivity index (χ0v) is 13.7. The molecule has 25 heavy (non-hydrogen) atoms. The van der Waals surface area contributed by atoms with Crippen LogP contribution in [0.4, 0.5) is 11.4 Å². The van der Waals surface area contributed by atoms with Crippen LogP contribution in [0.1, 0.15) is 17.3 Å². The van der Waals surface area contributed by atoms with Crippen molar-refractivity contribution in [3.05, 3.63) is 71.9 Å². The van der Waals surface area contributed by atoms with Gasteiger partial charge in [-0.25, -0.2) is 4.79 Å². The number of nitrogens with zero attached hydrogens (tertiary/aromatic N) is 1. The summed E-state index contributed by atoms with van der Waals surface area (Å²) in [7, 11) is 0. The number of hydrogen-bond acceptors (Lipinski definition) is 5. The molecule has 0 fully saturated rings. The van der Waals surface area contributed by atoms with Crippen molar-refractivity contribution >= 4 is 23.3 Å². The Balaban J connectivity index is 2.02. The van der Waals surface area contributed by atoms with Crippen molar-refractivity contribution in [3.63, 3.8) is 0 Å². The molecule has 0 heterocycles. The van der Waals surface area contributed by atoms with Crippen LogP contribution in [0.15, 0.2) is 66.4 Å². The molecule has 0 aliphatic carbocycles. The molecule has 126 valence electrons. The van der Waals surface area contributed by atoms with E-state index in [1.165, 1.54) is 6.20 Å². The highest BCUT2D eigenvalue weighted by atomic mass is 16.5. The molecule has 0 aliphatic heterocycles. The molecule has 2 N–H and O–H groups in total. The predicted octanol–water partition coefficient (Wildman–Crippen LogP) is 3.32. The maximum Gasteiger partial charge on any atom is 0.338 e. The van der Waals surface area contributed by atoms with Crippen molar-refractivity contribution in [2.24, 2.45) is 0 Å². The summed E-state index contributed by atoms with van der Waals surface area (Å²) in [5, 5.41) is 14.6. The van der Waals surface area contributed by atoms with Crippen LogP contribution in [-0.4, -0.2) is 18.5 Å². The van der Waals surface area contributed by atoms with Crippen molar-refractivity contribution < 1.29 is 14.3 Å². The second-order valence-electron chi connectivity index (χ2n) is 4.93. The number of esters is 1. The fourth-order valence-corrected chi connectivity index (χ4v) is 1.94. The lowest BCUT2D eigenvalue weighted by Crippen LogP contribution is -2.14. The molecule has 2 aromatic rings. The largest absolute Gasteiger partial charge is 0.462 e. The van der Waals surface area contributed by atoms with E-state index < -0.39 is 11.9 Å². The molecule has 0 bridgehead atoms. The fourth-order valence-electron chi connectivity index (χ4n) is 1.94. The van der Waals surface area contributed by atoms with Crippen LogP contribution in [-0.2, 0) is 9.53 Å². The molecule has 0 saturated heterocycles. The van der Waals surface area contributed by atoms with E-state index in [2.05, 4.69) is 10.6 Å². The minimum atomic E-state index is -0.510. The van der Waals surface area contributed by atoms with Gasteiger partial charge < -0.3 is 15.4 Å². The van der Waals surface area contributed by atoms with Gasteiger partial charge in [0.25, 0.3) is 5.91 Å². The molecule has 0 radical (unpaired) electrons. The standard InChI is InChI=1S/C19H17N3O3/c1-2-25-19(24)14-8-10-16(11-9-14)21-13-15(12-20)18(23)22-17-6-4-3-5-7-17/h3-11,13,21H,2H2,1H3,(H,22,23)/b15-13+. The molecule has 1 amide bonds. The van der Waals surface area contributed by atoms with Crippen molar-refractivity contribution in [3.8, 4) is 6.07 Å². The number of hydrogen-bond donors (Lipinski definition) is 2. The molecular weight excluding hydrogens is 318 g/mol. The number of amides is 1. The second kappa shape index (κ2) is 8.89. The molecule has 0 unspecified atom stereocenters. The first-order chi connectivity index (χ1) is 12.1. The summed E-state index contributed by atoms with van der Waals surface area (Å²) in [4.78, 5) is 23.7. The predicted molar refractivity (Wildman–Crippen MR) is 94.8 cm³/mol. The maximum atomic E-state index is 12.1. The molecule has 0 aliphatic rings. The van der Waals surface area contributed by atoms with Gasteiger partial charge in [0.05, 0.1) is 12.2 Å². The average Bonchev–Trinajstić information content (AvgIpc) is 2.64. The Morgan fingerprint density at radius 1 is 1.08 bits per heavy atom. The molecular formula is C19H17N3O3. The van der Waals surface area contributed by atoms with Gasteiger partial charge in [0.15, 0.2) is 0 Å². The highest BCUT2D eigenvalue weighted by Crippen LogP contribution is 2.12. The smallest absolute Gasteiger partial charge is 0.338 e. The van der Waals surface area contributed by atoms with Crippen molar-refractivity contribution in [2.45, 2.75) is 6.92 Å². The topological polar surface area (TPSA) is 91.2 Å². The third-order valence-electron chi connectivity index (χ3n) is 3.18. The van der Waals surface area contributed by atoms with Gasteiger partial charge in [-0.3, -0.25) is 4.79 Å². The summed E-state index contributed by atoms with van der Waals surface area (Å²) < 4.78 is 4.90. The summed E-state index contributed by atoms with van der Waals surface area (Å²) in [6, 6.07) is 17.2. The van der Waals surface area contributed by atoms with Crippen molar-refractivity contribution in [1.29, 1.82) is 5.26 Å². The van der Waals surface area contributed by atoms with Gasteiger partial charge in [0.2, 0.25) is 0 Å². The van der Waals surface area contributed by atoms with E-state index in [1.807, 2.05) is 12.1 Å². The quantitative estimate of drug-likeness (QED) is 0.480. The Labute approximate surface area is 145 Å². The molecule has 0 saturated carbocycles. The van der Waals surface area contributed by atoms with Gasteiger partial charge in [0.1, 0.15) is 11.6 Å². The van der Waals surface area contributed by atoms with E-state index in [4.69, 9.17) is 10.00 Å². The zero-order chi connectivity index (χ0) is 18.1. The van der Waals surface area contributed by atoms with Crippen molar-refractivity contribution in [2.75, 3.05) is 17.2 Å². The number of ether oxygens (including phenoxy) is 1. The Hall–Kier alpha value is -3.59. The molecule has 2 aromatic carbocycles. The third kappa shape index (κ3) is 5.22. The van der Waals surface area contributed by atoms with Gasteiger partial charge in [-0.1, -0.05) is 18.2 Å². The molecule has 2 rings (SSSR count). The van der Waals surface area contributed by atoms with Crippen LogP contribution in [0.3, 0.4) is 0 Å². The van der Waals surface area contributed by atoms with Crippen molar-refractivity contribution in [1.82, 2.24) is 0 Å². The fraction of sp³-hybridized carbons (Fsp3) is 0.105. The Kier molecular flexibility index (Phi) is 6.32. The van der Waals surface area contributed by atoms with Crippen LogP contribution in [0.5, 0.6) is 0 Å². The van der Waals surface area contributed by atoms with Gasteiger partial charge in [-0.2, -0.15) is 5.26 Å². The number of nitriles is 1. The highest BCUT2D eigenvalue weighted by molar-refractivity contribution is 6.06. The van der Waals surface area contributed by atoms with E-state index in [0.717, 1.165) is 0 Å². The number of anilines is 2. The number of carbonyl (C=O) groups is 2. The number of benzene rings is 2. The van der Waals surface area contributed by atoms with Crippen LogP contribution >= 0.6 is 0 Å². The van der Waals surface area contributed by atoms with E-state index in [-0.39, 0.29) is 5.57 Å². The second-order valence-corrected chi connectivity index (χ2v) is 4.93. The minimum Gasteiger partial charge on any atom is -0.462 e. The minimum absolute atomic E-state index is 0.0710. The highest BCUT2D eigenvalue weighted by Gasteiger charge is 2.09. The summed E-state index contributed by atoms with van der Waals surface area (Å²) in [5.74, 6) is -0.908. The zero-order valence-electron chi connectivity index (χ0n) is 13.7. The lowest BCUT2D eigenvalue weighted by atomic mass is 10.2. The Morgan fingerprint density at radius 3 is 2.36 bits per heavy atom. The van der Waals surface area contributed by atoms with E-state index in [1.54, 1.807) is 55.5 Å². The molecule has 6 heteroatoms. The third-order valence-corrected chi connectivity index (χ3v) is 3.18. The average molecular weight is 335 g/mol. The normalized spacial score (nSPS) is 10.5. The van der Waals surface area contributed by atoms with E-state index in [0.29, 0.717) is 23.5 Å². The Bertz CT molecular complexity index is 806.